The van der Waals surface area contributed by atoms with Crippen LogP contribution in [-0.4, -0.2) is 5.75 Å². The van der Waals surface area contributed by atoms with Gasteiger partial charge in [-0.3, -0.25) is 0 Å². The van der Waals surface area contributed by atoms with Gasteiger partial charge in [-0.2, -0.15) is 12.6 Å². The van der Waals surface area contributed by atoms with Gasteiger partial charge in [-0.25, -0.2) is 0 Å². The maximum atomic E-state index is 4.16. The molecule has 70 valence electrons. The number of hydrogen-bond donors (Lipinski definition) is 1. The molecule has 0 heterocycles. The molecular weight excluding hydrogens is 244 g/mol. The third kappa shape index (κ3) is 4.01. The second-order valence-corrected chi connectivity index (χ2v) is 4.32. The Bertz CT molecular complexity index is 305. The number of benzene rings is 1. The summed E-state index contributed by atoms with van der Waals surface area (Å²) < 4.78 is 1.14. The maximum absolute atomic E-state index is 4.16. The second-order valence-electron chi connectivity index (χ2n) is 3.04. The minimum atomic E-state index is 0.819. The lowest BCUT2D eigenvalue weighted by molar-refractivity contribution is 1.13. The highest BCUT2D eigenvalue weighted by Gasteiger charge is 1.94. The number of rotatable bonds is 3. The first-order chi connectivity index (χ1) is 6.22. The van der Waals surface area contributed by atoms with Crippen molar-refractivity contribution in [2.45, 2.75) is 13.3 Å². The Morgan fingerprint density at radius 2 is 2.31 bits per heavy atom. The van der Waals surface area contributed by atoms with Gasteiger partial charge in [0, 0.05) is 10.2 Å². The second kappa shape index (κ2) is 5.51. The summed E-state index contributed by atoms with van der Waals surface area (Å²) in [6.45, 7) is 2.14. The van der Waals surface area contributed by atoms with Crippen molar-refractivity contribution in [1.29, 1.82) is 0 Å². The van der Waals surface area contributed by atoms with Gasteiger partial charge in [-0.05, 0) is 31.0 Å². The van der Waals surface area contributed by atoms with Gasteiger partial charge in [0.1, 0.15) is 0 Å². The Kier molecular flexibility index (Phi) is 4.60. The monoisotopic (exact) mass is 256 g/mol. The summed E-state index contributed by atoms with van der Waals surface area (Å²) in [5.41, 5.74) is 2.71. The third-order valence-corrected chi connectivity index (χ3v) is 2.49. The van der Waals surface area contributed by atoms with Crippen molar-refractivity contribution in [3.63, 3.8) is 0 Å². The third-order valence-electron chi connectivity index (χ3n) is 1.81. The van der Waals surface area contributed by atoms with Crippen LogP contribution < -0.4 is 0 Å². The van der Waals surface area contributed by atoms with Gasteiger partial charge in [-0.1, -0.05) is 39.7 Å². The molecule has 0 nitrogen and oxygen atoms in total. The molecule has 0 N–H and O–H groups in total. The molecule has 0 aliphatic heterocycles. The van der Waals surface area contributed by atoms with Crippen LogP contribution in [0.15, 0.2) is 40.4 Å². The van der Waals surface area contributed by atoms with E-state index in [4.69, 9.17) is 0 Å². The Morgan fingerprint density at radius 3 is 2.92 bits per heavy atom. The zero-order valence-electron chi connectivity index (χ0n) is 7.63. The Balaban J connectivity index is 2.69. The van der Waals surface area contributed by atoms with Crippen molar-refractivity contribution in [3.8, 4) is 0 Å². The van der Waals surface area contributed by atoms with Gasteiger partial charge >= 0.3 is 0 Å². The van der Waals surface area contributed by atoms with Crippen molar-refractivity contribution < 1.29 is 0 Å². The summed E-state index contributed by atoms with van der Waals surface area (Å²) in [7, 11) is 0. The van der Waals surface area contributed by atoms with Crippen LogP contribution in [0.2, 0.25) is 0 Å². The molecule has 0 saturated heterocycles. The van der Waals surface area contributed by atoms with E-state index in [0.717, 1.165) is 16.6 Å². The fourth-order valence-electron chi connectivity index (χ4n) is 1.20. The molecule has 0 radical (unpaired) electrons. The Labute approximate surface area is 93.6 Å². The topological polar surface area (TPSA) is 0 Å². The van der Waals surface area contributed by atoms with E-state index >= 15 is 0 Å². The van der Waals surface area contributed by atoms with Crippen LogP contribution in [-0.2, 0) is 6.42 Å². The highest BCUT2D eigenvalue weighted by atomic mass is 79.9. The zero-order valence-corrected chi connectivity index (χ0v) is 10.1. The molecular formula is C11H13BrS. The van der Waals surface area contributed by atoms with Gasteiger partial charge in [0.05, 0.1) is 0 Å². The lowest BCUT2D eigenvalue weighted by Gasteiger charge is -2.01. The molecule has 0 unspecified atom stereocenters. The number of hydrogen-bond acceptors (Lipinski definition) is 1. The van der Waals surface area contributed by atoms with E-state index < -0.39 is 0 Å². The summed E-state index contributed by atoms with van der Waals surface area (Å²) in [6, 6.07) is 8.39. The minimum absolute atomic E-state index is 0.819. The first kappa shape index (κ1) is 10.9. The van der Waals surface area contributed by atoms with E-state index in [1.165, 1.54) is 11.1 Å². The lowest BCUT2D eigenvalue weighted by Crippen LogP contribution is -1.86. The molecule has 1 aromatic rings. The molecule has 0 saturated carbocycles. The first-order valence-corrected chi connectivity index (χ1v) is 5.66. The molecule has 1 aromatic carbocycles. The predicted octanol–water partition coefficient (Wildman–Crippen LogP) is 3.87. The van der Waals surface area contributed by atoms with E-state index in [1.54, 1.807) is 0 Å². The lowest BCUT2D eigenvalue weighted by atomic mass is 10.1. The molecule has 0 aliphatic carbocycles. The maximum Gasteiger partial charge on any atom is 0.0178 e. The van der Waals surface area contributed by atoms with Crippen molar-refractivity contribution >= 4 is 28.6 Å². The quantitative estimate of drug-likeness (QED) is 0.616. The minimum Gasteiger partial charge on any atom is -0.175 e. The molecule has 13 heavy (non-hydrogen) atoms. The largest absolute Gasteiger partial charge is 0.175 e. The van der Waals surface area contributed by atoms with E-state index in [1.807, 2.05) is 6.07 Å². The summed E-state index contributed by atoms with van der Waals surface area (Å²) >= 11 is 7.62. The molecule has 0 aromatic heterocycles. The van der Waals surface area contributed by atoms with Crippen LogP contribution in [0.5, 0.6) is 0 Å². The van der Waals surface area contributed by atoms with E-state index in [9.17, 15) is 0 Å². The van der Waals surface area contributed by atoms with Gasteiger partial charge in [0.2, 0.25) is 0 Å². The van der Waals surface area contributed by atoms with Crippen molar-refractivity contribution in [2.75, 3.05) is 5.75 Å². The smallest absolute Gasteiger partial charge is 0.0178 e. The SMILES string of the molecule is CC(=CCS)Cc1cccc(Br)c1. The summed E-state index contributed by atoms with van der Waals surface area (Å²) in [6.07, 6.45) is 3.16. The zero-order chi connectivity index (χ0) is 9.68. The predicted molar refractivity (Wildman–Crippen MR) is 65.5 cm³/mol. The van der Waals surface area contributed by atoms with Crippen molar-refractivity contribution in [3.05, 3.63) is 46.0 Å². The van der Waals surface area contributed by atoms with Crippen LogP contribution in [0.4, 0.5) is 0 Å². The van der Waals surface area contributed by atoms with E-state index in [-0.39, 0.29) is 0 Å². The Hall–Kier alpha value is -0.210. The van der Waals surface area contributed by atoms with E-state index in [2.05, 4.69) is 59.8 Å². The molecule has 2 heteroatoms. The van der Waals surface area contributed by atoms with Crippen molar-refractivity contribution in [2.24, 2.45) is 0 Å². The first-order valence-electron chi connectivity index (χ1n) is 4.23. The number of thiol groups is 1. The van der Waals surface area contributed by atoms with Crippen LogP contribution in [0.1, 0.15) is 12.5 Å². The normalized spacial score (nSPS) is 11.8. The summed E-state index contributed by atoms with van der Waals surface area (Å²) in [5, 5.41) is 0. The molecule has 0 aliphatic rings. The van der Waals surface area contributed by atoms with E-state index in [0.29, 0.717) is 0 Å². The highest BCUT2D eigenvalue weighted by molar-refractivity contribution is 9.10. The van der Waals surface area contributed by atoms with Gasteiger partial charge in [0.15, 0.2) is 0 Å². The Morgan fingerprint density at radius 1 is 1.54 bits per heavy atom. The molecule has 0 amide bonds. The van der Waals surface area contributed by atoms with Crippen LogP contribution in [0.25, 0.3) is 0 Å². The molecule has 0 bridgehead atoms. The summed E-state index contributed by atoms with van der Waals surface area (Å²) in [4.78, 5) is 0. The standard InChI is InChI=1S/C11H13BrS/c1-9(5-6-13)7-10-3-2-4-11(12)8-10/h2-5,8,13H,6-7H2,1H3. The fourth-order valence-corrected chi connectivity index (χ4v) is 1.96. The van der Waals surface area contributed by atoms with Gasteiger partial charge < -0.3 is 0 Å². The van der Waals surface area contributed by atoms with Crippen LogP contribution >= 0.6 is 28.6 Å². The molecule has 0 spiro atoms. The van der Waals surface area contributed by atoms with Crippen LogP contribution in [0.3, 0.4) is 0 Å². The molecule has 0 atom stereocenters. The van der Waals surface area contributed by atoms with Crippen LogP contribution in [0, 0.1) is 0 Å². The van der Waals surface area contributed by atoms with Crippen molar-refractivity contribution in [1.82, 2.24) is 0 Å². The average molecular weight is 257 g/mol. The number of allylic oxidation sites excluding steroid dienone is 1. The highest BCUT2D eigenvalue weighted by Crippen LogP contribution is 2.14. The van der Waals surface area contributed by atoms with Gasteiger partial charge in [0.25, 0.3) is 0 Å². The summed E-state index contributed by atoms with van der Waals surface area (Å²) in [5.74, 6) is 0.819. The van der Waals surface area contributed by atoms with Gasteiger partial charge in [-0.15, -0.1) is 0 Å². The number of halogens is 1. The fraction of sp³-hybridized carbons (Fsp3) is 0.273. The average Bonchev–Trinajstić information content (AvgIpc) is 2.04. The molecule has 0 fully saturated rings. The molecule has 1 rings (SSSR count).